The zero-order valence-electron chi connectivity index (χ0n) is 11.0. The number of rotatable bonds is 3. The number of ether oxygens (including phenoxy) is 1. The van der Waals surface area contributed by atoms with Crippen LogP contribution >= 0.6 is 11.6 Å². The summed E-state index contributed by atoms with van der Waals surface area (Å²) in [7, 11) is 0. The number of nitrogens with zero attached hydrogens (tertiary/aromatic N) is 4. The molecular weight excluding hydrogens is 280 g/mol. The van der Waals surface area contributed by atoms with Crippen molar-refractivity contribution in [3.8, 4) is 11.4 Å². The minimum Gasteiger partial charge on any atom is -0.464 e. The molecule has 1 aliphatic rings. The highest BCUT2D eigenvalue weighted by atomic mass is 35.5. The number of esters is 1. The highest BCUT2D eigenvalue weighted by molar-refractivity contribution is 6.28. The fourth-order valence-corrected chi connectivity index (χ4v) is 2.50. The fraction of sp³-hybridized carbons (Fsp3) is 0.385. The lowest BCUT2D eigenvalue weighted by Crippen LogP contribution is -2.14. The second-order valence-corrected chi connectivity index (χ2v) is 4.93. The number of fused-ring (bicyclic) bond motifs is 3. The van der Waals surface area contributed by atoms with Gasteiger partial charge in [-0.2, -0.15) is 5.10 Å². The molecule has 7 heteroatoms. The van der Waals surface area contributed by atoms with Gasteiger partial charge in [-0.3, -0.25) is 9.48 Å². The number of hydrogen-bond acceptors (Lipinski definition) is 5. The van der Waals surface area contributed by atoms with Gasteiger partial charge in [0.25, 0.3) is 0 Å². The van der Waals surface area contributed by atoms with E-state index in [-0.39, 0.29) is 17.9 Å². The van der Waals surface area contributed by atoms with E-state index in [0.29, 0.717) is 6.54 Å². The number of hydrogen-bond donors (Lipinski definition) is 0. The lowest BCUT2D eigenvalue weighted by Gasteiger charge is -2.17. The van der Waals surface area contributed by atoms with E-state index < -0.39 is 0 Å². The van der Waals surface area contributed by atoms with Crippen molar-refractivity contribution in [1.29, 1.82) is 0 Å². The van der Waals surface area contributed by atoms with E-state index in [1.165, 1.54) is 6.92 Å². The van der Waals surface area contributed by atoms with Crippen LogP contribution in [0.15, 0.2) is 12.4 Å². The van der Waals surface area contributed by atoms with Gasteiger partial charge in [0.15, 0.2) is 0 Å². The third-order valence-electron chi connectivity index (χ3n) is 3.25. The van der Waals surface area contributed by atoms with Gasteiger partial charge < -0.3 is 4.74 Å². The molecule has 0 spiro atoms. The standard InChI is InChI=1S/C13H13ClN4O2/c1-8(19)20-5-4-18-12-10(7-16-18)3-2-9-6-15-13(14)17-11(9)12/h6-7H,2-5H2,1H3. The summed E-state index contributed by atoms with van der Waals surface area (Å²) in [6.07, 6.45) is 5.38. The Hall–Kier alpha value is -1.95. The second-order valence-electron chi connectivity index (χ2n) is 4.59. The Morgan fingerprint density at radius 2 is 2.20 bits per heavy atom. The van der Waals surface area contributed by atoms with Crippen LogP contribution in [-0.2, 0) is 28.9 Å². The first-order valence-electron chi connectivity index (χ1n) is 6.35. The highest BCUT2D eigenvalue weighted by Gasteiger charge is 2.23. The zero-order chi connectivity index (χ0) is 14.1. The Balaban J connectivity index is 1.93. The largest absolute Gasteiger partial charge is 0.464 e. The summed E-state index contributed by atoms with van der Waals surface area (Å²) < 4.78 is 6.76. The maximum atomic E-state index is 10.8. The minimum atomic E-state index is -0.295. The number of carbonyl (C=O) groups excluding carboxylic acids is 1. The van der Waals surface area contributed by atoms with Gasteiger partial charge in [-0.15, -0.1) is 0 Å². The lowest BCUT2D eigenvalue weighted by atomic mass is 9.95. The van der Waals surface area contributed by atoms with Crippen LogP contribution in [0.5, 0.6) is 0 Å². The van der Waals surface area contributed by atoms with Crippen molar-refractivity contribution >= 4 is 17.6 Å². The average molecular weight is 293 g/mol. The first-order valence-corrected chi connectivity index (χ1v) is 6.73. The molecule has 0 aromatic carbocycles. The molecule has 0 atom stereocenters. The molecule has 0 N–H and O–H groups in total. The maximum Gasteiger partial charge on any atom is 0.302 e. The molecule has 1 aliphatic carbocycles. The molecule has 0 unspecified atom stereocenters. The Bertz CT molecular complexity index is 668. The first kappa shape index (κ1) is 13.1. The Kier molecular flexibility index (Phi) is 3.40. The molecule has 0 amide bonds. The van der Waals surface area contributed by atoms with Gasteiger partial charge in [0.2, 0.25) is 5.28 Å². The smallest absolute Gasteiger partial charge is 0.302 e. The van der Waals surface area contributed by atoms with Crippen molar-refractivity contribution in [2.24, 2.45) is 0 Å². The SMILES string of the molecule is CC(=O)OCCn1ncc2c1-c1nc(Cl)ncc1CC2. The van der Waals surface area contributed by atoms with Crippen molar-refractivity contribution < 1.29 is 9.53 Å². The van der Waals surface area contributed by atoms with Gasteiger partial charge in [-0.1, -0.05) is 0 Å². The predicted molar refractivity (Wildman–Crippen MR) is 72.3 cm³/mol. The van der Waals surface area contributed by atoms with E-state index in [1.807, 2.05) is 6.20 Å². The van der Waals surface area contributed by atoms with Crippen LogP contribution in [0.1, 0.15) is 18.1 Å². The second kappa shape index (κ2) is 5.20. The molecule has 0 saturated heterocycles. The molecule has 0 bridgehead atoms. The first-order chi connectivity index (χ1) is 9.65. The molecule has 2 heterocycles. The van der Waals surface area contributed by atoms with Crippen molar-refractivity contribution in [2.45, 2.75) is 26.3 Å². The van der Waals surface area contributed by atoms with Crippen molar-refractivity contribution in [3.05, 3.63) is 28.8 Å². The molecule has 2 aromatic rings. The van der Waals surface area contributed by atoms with Gasteiger partial charge in [0.1, 0.15) is 6.61 Å². The van der Waals surface area contributed by atoms with Crippen LogP contribution in [0.3, 0.4) is 0 Å². The molecule has 6 nitrogen and oxygen atoms in total. The fourth-order valence-electron chi connectivity index (χ4n) is 2.37. The van der Waals surface area contributed by atoms with E-state index in [4.69, 9.17) is 16.3 Å². The number of aromatic nitrogens is 4. The summed E-state index contributed by atoms with van der Waals surface area (Å²) in [5.74, 6) is -0.295. The van der Waals surface area contributed by atoms with Gasteiger partial charge in [-0.25, -0.2) is 9.97 Å². The molecule has 0 saturated carbocycles. The number of carbonyl (C=O) groups is 1. The Labute approximate surface area is 120 Å². The predicted octanol–water partition coefficient (Wildman–Crippen LogP) is 1.66. The average Bonchev–Trinajstić information content (AvgIpc) is 2.82. The normalized spacial score (nSPS) is 12.7. The van der Waals surface area contributed by atoms with Gasteiger partial charge in [0.05, 0.1) is 24.1 Å². The Morgan fingerprint density at radius 3 is 3.00 bits per heavy atom. The summed E-state index contributed by atoms with van der Waals surface area (Å²) >= 11 is 5.89. The van der Waals surface area contributed by atoms with E-state index >= 15 is 0 Å². The lowest BCUT2D eigenvalue weighted by molar-refractivity contribution is -0.141. The topological polar surface area (TPSA) is 69.9 Å². The van der Waals surface area contributed by atoms with E-state index in [1.54, 1.807) is 10.9 Å². The minimum absolute atomic E-state index is 0.226. The quantitative estimate of drug-likeness (QED) is 0.635. The van der Waals surface area contributed by atoms with Crippen LogP contribution in [0, 0.1) is 0 Å². The van der Waals surface area contributed by atoms with Crippen LogP contribution in [0.25, 0.3) is 11.4 Å². The number of halogens is 1. The van der Waals surface area contributed by atoms with Crippen molar-refractivity contribution in [1.82, 2.24) is 19.7 Å². The molecule has 2 aromatic heterocycles. The third-order valence-corrected chi connectivity index (χ3v) is 3.43. The summed E-state index contributed by atoms with van der Waals surface area (Å²) in [6.45, 7) is 2.18. The van der Waals surface area contributed by atoms with Gasteiger partial charge in [0, 0.05) is 18.7 Å². The molecule has 0 radical (unpaired) electrons. The van der Waals surface area contributed by atoms with Crippen molar-refractivity contribution in [2.75, 3.05) is 6.61 Å². The van der Waals surface area contributed by atoms with Crippen molar-refractivity contribution in [3.63, 3.8) is 0 Å². The van der Waals surface area contributed by atoms with E-state index in [2.05, 4.69) is 15.1 Å². The number of aryl methyl sites for hydroxylation is 2. The molecular formula is C13H13ClN4O2. The van der Waals surface area contributed by atoms with E-state index in [0.717, 1.165) is 35.4 Å². The molecule has 20 heavy (non-hydrogen) atoms. The highest BCUT2D eigenvalue weighted by Crippen LogP contribution is 2.31. The maximum absolute atomic E-state index is 10.8. The van der Waals surface area contributed by atoms with Gasteiger partial charge >= 0.3 is 5.97 Å². The van der Waals surface area contributed by atoms with E-state index in [9.17, 15) is 4.79 Å². The van der Waals surface area contributed by atoms with Gasteiger partial charge in [-0.05, 0) is 30.0 Å². The van der Waals surface area contributed by atoms with Crippen LogP contribution in [0.4, 0.5) is 0 Å². The summed E-state index contributed by atoms with van der Waals surface area (Å²) in [6, 6.07) is 0. The third kappa shape index (κ3) is 2.38. The van der Waals surface area contributed by atoms with Crippen LogP contribution in [0.2, 0.25) is 5.28 Å². The molecule has 0 aliphatic heterocycles. The molecule has 3 rings (SSSR count). The Morgan fingerprint density at radius 1 is 1.40 bits per heavy atom. The zero-order valence-corrected chi connectivity index (χ0v) is 11.7. The molecule has 0 fully saturated rings. The summed E-state index contributed by atoms with van der Waals surface area (Å²) in [4.78, 5) is 19.2. The summed E-state index contributed by atoms with van der Waals surface area (Å²) in [5, 5.41) is 4.57. The molecule has 104 valence electrons. The summed E-state index contributed by atoms with van der Waals surface area (Å²) in [5.41, 5.74) is 3.97. The monoisotopic (exact) mass is 292 g/mol. The van der Waals surface area contributed by atoms with Crippen LogP contribution in [-0.4, -0.2) is 32.3 Å². The van der Waals surface area contributed by atoms with Crippen LogP contribution < -0.4 is 0 Å².